The van der Waals surface area contributed by atoms with Crippen LogP contribution in [0, 0.1) is 22.1 Å². The van der Waals surface area contributed by atoms with Gasteiger partial charge in [-0.25, -0.2) is 23.1 Å². The van der Waals surface area contributed by atoms with Crippen LogP contribution in [0.4, 0.5) is 24.5 Å². The van der Waals surface area contributed by atoms with Crippen LogP contribution in [0.2, 0.25) is 0 Å². The number of H-pyrrole nitrogens is 2. The van der Waals surface area contributed by atoms with Crippen molar-refractivity contribution in [1.82, 2.24) is 30.6 Å². The number of nitrogens with one attached hydrogen (secondary N) is 4. The summed E-state index contributed by atoms with van der Waals surface area (Å²) in [5.74, 6) is 0.366. The fraction of sp³-hybridized carbons (Fsp3) is 0.474. The molecule has 4 aromatic rings. The van der Waals surface area contributed by atoms with Crippen LogP contribution in [0.25, 0.3) is 17.1 Å². The zero-order valence-electron chi connectivity index (χ0n) is 28.4. The second-order valence-corrected chi connectivity index (χ2v) is 15.4. The number of anilines is 2. The number of benzene rings is 2. The molecule has 264 valence electrons. The van der Waals surface area contributed by atoms with E-state index in [2.05, 4.69) is 54.7 Å². The summed E-state index contributed by atoms with van der Waals surface area (Å²) >= 11 is 2.22. The Morgan fingerprint density at radius 3 is 2.26 bits per heavy atom. The summed E-state index contributed by atoms with van der Waals surface area (Å²) in [5, 5.41) is 6.93. The quantitative estimate of drug-likeness (QED) is 0.106. The molecule has 8 nitrogen and oxygen atoms in total. The second-order valence-electron chi connectivity index (χ2n) is 14.3. The van der Waals surface area contributed by atoms with E-state index < -0.39 is 17.9 Å². The Morgan fingerprint density at radius 1 is 0.880 bits per heavy atom. The molecule has 0 spiro atoms. The lowest BCUT2D eigenvalue weighted by Crippen LogP contribution is -2.34. The third-order valence-electron chi connectivity index (χ3n) is 11.0. The third kappa shape index (κ3) is 6.36. The molecule has 0 aliphatic carbocycles. The van der Waals surface area contributed by atoms with Gasteiger partial charge in [0, 0.05) is 39.6 Å². The van der Waals surface area contributed by atoms with E-state index >= 15 is 13.2 Å². The first kappa shape index (κ1) is 33.8. The number of hydrogen-bond donors (Lipinski definition) is 4. The van der Waals surface area contributed by atoms with E-state index in [1.807, 2.05) is 24.0 Å². The van der Waals surface area contributed by atoms with Gasteiger partial charge in [0.2, 0.25) is 0 Å². The summed E-state index contributed by atoms with van der Waals surface area (Å²) in [5.41, 5.74) is 4.84. The van der Waals surface area contributed by atoms with Crippen LogP contribution in [0.15, 0.2) is 42.2 Å². The minimum absolute atomic E-state index is 0.115. The molecule has 12 heteroatoms. The van der Waals surface area contributed by atoms with Crippen LogP contribution >= 0.6 is 22.6 Å². The Bertz CT molecular complexity index is 1910. The number of hydrogen-bond acceptors (Lipinski definition) is 6. The molecule has 4 fully saturated rings. The van der Waals surface area contributed by atoms with Crippen molar-refractivity contribution in [1.29, 1.82) is 0 Å². The Morgan fingerprint density at radius 2 is 1.60 bits per heavy atom. The third-order valence-corrected chi connectivity index (χ3v) is 11.9. The molecular weight excluding hydrogens is 752 g/mol. The predicted octanol–water partition coefficient (Wildman–Crippen LogP) is 8.59. The zero-order chi connectivity index (χ0) is 34.5. The smallest absolute Gasteiger partial charge is 0.149 e. The van der Waals surface area contributed by atoms with Crippen LogP contribution in [-0.2, 0) is 0 Å². The van der Waals surface area contributed by atoms with Crippen molar-refractivity contribution in [3.05, 3.63) is 86.0 Å². The Balaban J connectivity index is 1.22. The van der Waals surface area contributed by atoms with E-state index in [-0.39, 0.29) is 23.7 Å². The summed E-state index contributed by atoms with van der Waals surface area (Å²) in [4.78, 5) is 20.5. The van der Waals surface area contributed by atoms with Crippen LogP contribution < -0.4 is 20.4 Å². The molecule has 4 saturated heterocycles. The number of nitrogens with zero attached hydrogens (tertiary/aromatic N) is 4. The monoisotopic (exact) mass is 796 g/mol. The number of aromatic nitrogens is 4. The molecule has 0 saturated carbocycles. The highest BCUT2D eigenvalue weighted by molar-refractivity contribution is 14.1. The van der Waals surface area contributed by atoms with E-state index in [1.165, 1.54) is 6.07 Å². The van der Waals surface area contributed by atoms with Gasteiger partial charge in [0.1, 0.15) is 29.1 Å². The molecule has 4 aliphatic rings. The Kier molecular flexibility index (Phi) is 9.44. The predicted molar refractivity (Wildman–Crippen MR) is 201 cm³/mol. The van der Waals surface area contributed by atoms with Gasteiger partial charge in [-0.1, -0.05) is 6.58 Å². The molecule has 0 amide bonds. The van der Waals surface area contributed by atoms with Crippen molar-refractivity contribution in [2.75, 3.05) is 36.0 Å². The largest absolute Gasteiger partial charge is 0.368 e. The molecule has 2 aromatic heterocycles. The summed E-state index contributed by atoms with van der Waals surface area (Å²) in [6, 6.07) is 6.09. The van der Waals surface area contributed by atoms with Crippen LogP contribution in [-0.4, -0.2) is 52.2 Å². The van der Waals surface area contributed by atoms with Gasteiger partial charge in [0.25, 0.3) is 0 Å². The van der Waals surface area contributed by atoms with Gasteiger partial charge in [-0.05, 0) is 125 Å². The molecule has 50 heavy (non-hydrogen) atoms. The molecule has 4 aliphatic heterocycles. The average molecular weight is 797 g/mol. The zero-order valence-corrected chi connectivity index (χ0v) is 30.6. The molecule has 8 rings (SSSR count). The summed E-state index contributed by atoms with van der Waals surface area (Å²) in [7, 11) is 0. The van der Waals surface area contributed by atoms with Crippen LogP contribution in [0.5, 0.6) is 0 Å². The maximum absolute atomic E-state index is 16.3. The SMILES string of the molecule is C=C(F)/C(=C\c1[nH]c([C@@H]2CCCN2)nc1C)[C@H]1CC[C@H](c2cc3[nH]c([C@@H]4CCCN4)nc3cc2F)N1c1cc(F)c(N2CCCCC2)c(I)c1. The van der Waals surface area contributed by atoms with E-state index in [9.17, 15) is 0 Å². The summed E-state index contributed by atoms with van der Waals surface area (Å²) in [6.07, 6.45) is 10.2. The van der Waals surface area contributed by atoms with E-state index in [0.717, 1.165) is 97.6 Å². The van der Waals surface area contributed by atoms with Crippen molar-refractivity contribution in [3.63, 3.8) is 0 Å². The highest BCUT2D eigenvalue weighted by Gasteiger charge is 2.40. The van der Waals surface area contributed by atoms with Crippen molar-refractivity contribution in [2.24, 2.45) is 0 Å². The number of rotatable bonds is 8. The van der Waals surface area contributed by atoms with Gasteiger partial charge in [-0.2, -0.15) is 0 Å². The fourth-order valence-corrected chi connectivity index (χ4v) is 9.46. The van der Waals surface area contributed by atoms with Gasteiger partial charge in [0.15, 0.2) is 0 Å². The number of aryl methyl sites for hydroxylation is 1. The number of imidazole rings is 2. The Labute approximate surface area is 304 Å². The maximum atomic E-state index is 16.3. The van der Waals surface area contributed by atoms with E-state index in [4.69, 9.17) is 9.97 Å². The second kappa shape index (κ2) is 14.0. The lowest BCUT2D eigenvalue weighted by Gasteiger charge is -2.35. The molecule has 2 aromatic carbocycles. The first-order chi connectivity index (χ1) is 24.2. The lowest BCUT2D eigenvalue weighted by atomic mass is 10.0. The lowest BCUT2D eigenvalue weighted by molar-refractivity contribution is 0.554. The number of fused-ring (bicyclic) bond motifs is 1. The topological polar surface area (TPSA) is 87.9 Å². The normalized spacial score (nSPS) is 24.6. The molecular formula is C38H44F3IN8. The molecule has 0 radical (unpaired) electrons. The van der Waals surface area contributed by atoms with Crippen molar-refractivity contribution < 1.29 is 13.2 Å². The highest BCUT2D eigenvalue weighted by atomic mass is 127. The number of halogens is 4. The van der Waals surface area contributed by atoms with Gasteiger partial charge >= 0.3 is 0 Å². The Hall–Kier alpha value is -3.36. The first-order valence-electron chi connectivity index (χ1n) is 18.1. The minimum atomic E-state index is -0.575. The summed E-state index contributed by atoms with van der Waals surface area (Å²) < 4.78 is 49.0. The van der Waals surface area contributed by atoms with Crippen LogP contribution in [0.3, 0.4) is 0 Å². The van der Waals surface area contributed by atoms with Crippen LogP contribution in [0.1, 0.15) is 105 Å². The van der Waals surface area contributed by atoms with E-state index in [1.54, 1.807) is 12.1 Å². The fourth-order valence-electron chi connectivity index (χ4n) is 8.54. The van der Waals surface area contributed by atoms with Crippen molar-refractivity contribution in [3.8, 4) is 0 Å². The van der Waals surface area contributed by atoms with Gasteiger partial charge in [0.05, 0.1) is 52.3 Å². The van der Waals surface area contributed by atoms with Gasteiger partial charge in [-0.15, -0.1) is 0 Å². The standard InChI is InChI=1S/C38H44F3IN8/c1-21(39)24(18-31-22(2)45-37(46-31)29-8-6-12-43-29)34-10-11-35(25-19-32-33(20-26(25)40)48-38(47-32)30-9-7-13-44-30)50(34)23-16-27(41)36(28(42)17-23)49-14-4-3-5-15-49/h16-20,29-30,34-35,43-44H,1,3-15H2,2H3,(H,45,46)(H,47,48)/b24-18+/t29-,30-,34+,35+/m0/s1. The first-order valence-corrected chi connectivity index (χ1v) is 19.1. The van der Waals surface area contributed by atoms with Gasteiger partial charge in [-0.3, -0.25) is 0 Å². The molecule has 0 unspecified atom stereocenters. The molecule has 6 heterocycles. The summed E-state index contributed by atoms with van der Waals surface area (Å²) in [6.45, 7) is 9.16. The van der Waals surface area contributed by atoms with E-state index in [0.29, 0.717) is 46.6 Å². The number of piperidine rings is 1. The highest BCUT2D eigenvalue weighted by Crippen LogP contribution is 2.47. The number of aromatic amines is 2. The van der Waals surface area contributed by atoms with Gasteiger partial charge < -0.3 is 30.4 Å². The average Bonchev–Trinajstić information content (AvgIpc) is 3.94. The molecule has 0 bridgehead atoms. The van der Waals surface area contributed by atoms with Crippen molar-refractivity contribution in [2.45, 2.75) is 88.9 Å². The molecule has 4 N–H and O–H groups in total. The maximum Gasteiger partial charge on any atom is 0.149 e. The van der Waals surface area contributed by atoms with Crippen molar-refractivity contribution >= 4 is 51.1 Å². The molecule has 4 atom stereocenters. The minimum Gasteiger partial charge on any atom is -0.368 e.